The third kappa shape index (κ3) is 3.72. The largest absolute Gasteiger partial charge is 0.396 e. The molecular weight excluding hydrogens is 292 g/mol. The van der Waals surface area contributed by atoms with E-state index in [1.54, 1.807) is 0 Å². The van der Waals surface area contributed by atoms with Gasteiger partial charge in [-0.25, -0.2) is 0 Å². The van der Waals surface area contributed by atoms with Crippen LogP contribution in [-0.4, -0.2) is 41.0 Å². The lowest BCUT2D eigenvalue weighted by Gasteiger charge is -2.23. The molecule has 1 heterocycles. The Morgan fingerprint density at radius 3 is 2.57 bits per heavy atom. The van der Waals surface area contributed by atoms with Gasteiger partial charge in [-0.3, -0.25) is 9.59 Å². The molecule has 1 saturated heterocycles. The summed E-state index contributed by atoms with van der Waals surface area (Å²) in [5, 5.41) is 11.8. The Morgan fingerprint density at radius 2 is 1.91 bits per heavy atom. The minimum atomic E-state index is -0.250. The highest BCUT2D eigenvalue weighted by Gasteiger charge is 2.38. The van der Waals surface area contributed by atoms with Gasteiger partial charge in [0.2, 0.25) is 11.8 Å². The number of amides is 2. The summed E-state index contributed by atoms with van der Waals surface area (Å²) in [5.74, 6) is -0.204. The number of carbonyl (C=O) groups is 2. The van der Waals surface area contributed by atoms with E-state index in [-0.39, 0.29) is 24.3 Å². The standard InChI is InChI=1S/C18H24N2O3/c21-10-9-13-5-7-15(8-6-13)19-18(23)14-11-17(22)20(12-14)16-3-1-2-4-16/h5-8,14,16,21H,1-4,9-12H2,(H,19,23). The lowest BCUT2D eigenvalue weighted by molar-refractivity contribution is -0.129. The maximum atomic E-state index is 12.4. The molecular formula is C18H24N2O3. The zero-order chi connectivity index (χ0) is 16.2. The number of likely N-dealkylation sites (tertiary alicyclic amines) is 1. The molecule has 2 aliphatic rings. The van der Waals surface area contributed by atoms with Crippen molar-refractivity contribution in [3.63, 3.8) is 0 Å². The molecule has 5 heteroatoms. The van der Waals surface area contributed by atoms with Gasteiger partial charge in [0.1, 0.15) is 0 Å². The van der Waals surface area contributed by atoms with Crippen molar-refractivity contribution < 1.29 is 14.7 Å². The van der Waals surface area contributed by atoms with Gasteiger partial charge in [-0.1, -0.05) is 25.0 Å². The first-order valence-electron chi connectivity index (χ1n) is 8.47. The zero-order valence-electron chi connectivity index (χ0n) is 13.3. The first-order chi connectivity index (χ1) is 11.2. The smallest absolute Gasteiger partial charge is 0.229 e. The summed E-state index contributed by atoms with van der Waals surface area (Å²) in [5.41, 5.74) is 1.78. The second-order valence-electron chi connectivity index (χ2n) is 6.55. The van der Waals surface area contributed by atoms with E-state index in [9.17, 15) is 9.59 Å². The molecule has 0 bridgehead atoms. The molecule has 1 aliphatic heterocycles. The number of hydrogen-bond donors (Lipinski definition) is 2. The maximum absolute atomic E-state index is 12.4. The van der Waals surface area contributed by atoms with Crippen LogP contribution in [0.4, 0.5) is 5.69 Å². The summed E-state index contributed by atoms with van der Waals surface area (Å²) < 4.78 is 0. The van der Waals surface area contributed by atoms with E-state index in [1.165, 1.54) is 12.8 Å². The van der Waals surface area contributed by atoms with Gasteiger partial charge >= 0.3 is 0 Å². The highest BCUT2D eigenvalue weighted by atomic mass is 16.3. The molecule has 1 unspecified atom stereocenters. The number of rotatable bonds is 5. The molecule has 2 amide bonds. The zero-order valence-corrected chi connectivity index (χ0v) is 13.3. The molecule has 3 rings (SSSR count). The van der Waals surface area contributed by atoms with Gasteiger partial charge in [0.25, 0.3) is 0 Å². The minimum Gasteiger partial charge on any atom is -0.396 e. The van der Waals surface area contributed by atoms with Crippen LogP contribution in [0.2, 0.25) is 0 Å². The van der Waals surface area contributed by atoms with Gasteiger partial charge in [-0.2, -0.15) is 0 Å². The summed E-state index contributed by atoms with van der Waals surface area (Å²) in [6, 6.07) is 7.83. The van der Waals surface area contributed by atoms with E-state index in [1.807, 2.05) is 29.2 Å². The van der Waals surface area contributed by atoms with Gasteiger partial charge < -0.3 is 15.3 Å². The van der Waals surface area contributed by atoms with Crippen LogP contribution in [0, 0.1) is 5.92 Å². The van der Waals surface area contributed by atoms with Crippen LogP contribution in [0.3, 0.4) is 0 Å². The van der Waals surface area contributed by atoms with E-state index < -0.39 is 0 Å². The Bertz CT molecular complexity index is 564. The van der Waals surface area contributed by atoms with Gasteiger partial charge in [0.15, 0.2) is 0 Å². The quantitative estimate of drug-likeness (QED) is 0.872. The topological polar surface area (TPSA) is 69.6 Å². The fourth-order valence-corrected chi connectivity index (χ4v) is 3.60. The normalized spacial score (nSPS) is 21.9. The van der Waals surface area contributed by atoms with E-state index >= 15 is 0 Å². The average molecular weight is 316 g/mol. The molecule has 0 aromatic heterocycles. The van der Waals surface area contributed by atoms with Crippen molar-refractivity contribution >= 4 is 17.5 Å². The predicted molar refractivity (Wildman–Crippen MR) is 87.9 cm³/mol. The summed E-state index contributed by atoms with van der Waals surface area (Å²) in [6.45, 7) is 0.671. The van der Waals surface area contributed by atoms with Gasteiger partial charge in [-0.05, 0) is 37.0 Å². The van der Waals surface area contributed by atoms with Crippen molar-refractivity contribution in [3.8, 4) is 0 Å². The van der Waals surface area contributed by atoms with E-state index in [0.29, 0.717) is 25.4 Å². The Kier molecular flexibility index (Phi) is 4.96. The van der Waals surface area contributed by atoms with E-state index in [2.05, 4.69) is 5.32 Å². The second kappa shape index (κ2) is 7.13. The Balaban J connectivity index is 1.57. The molecule has 0 radical (unpaired) electrons. The molecule has 1 aromatic rings. The monoisotopic (exact) mass is 316 g/mol. The van der Waals surface area contributed by atoms with Crippen molar-refractivity contribution in [3.05, 3.63) is 29.8 Å². The van der Waals surface area contributed by atoms with Crippen molar-refractivity contribution in [2.24, 2.45) is 5.92 Å². The predicted octanol–water partition coefficient (Wildman–Crippen LogP) is 1.95. The van der Waals surface area contributed by atoms with Crippen LogP contribution in [0.25, 0.3) is 0 Å². The molecule has 1 aromatic carbocycles. The number of anilines is 1. The van der Waals surface area contributed by atoms with Crippen LogP contribution in [0.5, 0.6) is 0 Å². The first-order valence-corrected chi connectivity index (χ1v) is 8.47. The molecule has 23 heavy (non-hydrogen) atoms. The maximum Gasteiger partial charge on any atom is 0.229 e. The van der Waals surface area contributed by atoms with Crippen LogP contribution < -0.4 is 5.32 Å². The van der Waals surface area contributed by atoms with E-state index in [0.717, 1.165) is 24.1 Å². The fourth-order valence-electron chi connectivity index (χ4n) is 3.60. The molecule has 2 fully saturated rings. The summed E-state index contributed by atoms with van der Waals surface area (Å²) in [4.78, 5) is 26.5. The highest BCUT2D eigenvalue weighted by molar-refractivity contribution is 5.97. The second-order valence-corrected chi connectivity index (χ2v) is 6.55. The van der Waals surface area contributed by atoms with Crippen LogP contribution >= 0.6 is 0 Å². The molecule has 0 spiro atoms. The van der Waals surface area contributed by atoms with Gasteiger partial charge in [0.05, 0.1) is 5.92 Å². The van der Waals surface area contributed by atoms with Crippen molar-refractivity contribution in [2.75, 3.05) is 18.5 Å². The SMILES string of the molecule is O=C(Nc1ccc(CCO)cc1)C1CC(=O)N(C2CCCC2)C1. The lowest BCUT2D eigenvalue weighted by atomic mass is 10.1. The van der Waals surface area contributed by atoms with Gasteiger partial charge in [-0.15, -0.1) is 0 Å². The molecule has 124 valence electrons. The third-order valence-corrected chi connectivity index (χ3v) is 4.92. The number of hydrogen-bond acceptors (Lipinski definition) is 3. The van der Waals surface area contributed by atoms with Crippen LogP contribution in [0.1, 0.15) is 37.7 Å². The molecule has 5 nitrogen and oxygen atoms in total. The average Bonchev–Trinajstić information content (AvgIpc) is 3.18. The Labute approximate surface area is 136 Å². The van der Waals surface area contributed by atoms with Gasteiger partial charge in [0, 0.05) is 31.3 Å². The number of nitrogens with zero attached hydrogens (tertiary/aromatic N) is 1. The van der Waals surface area contributed by atoms with E-state index in [4.69, 9.17) is 5.11 Å². The molecule has 1 atom stereocenters. The Hall–Kier alpha value is -1.88. The highest BCUT2D eigenvalue weighted by Crippen LogP contribution is 2.30. The molecule has 1 aliphatic carbocycles. The number of carbonyl (C=O) groups excluding carboxylic acids is 2. The van der Waals surface area contributed by atoms with Crippen molar-refractivity contribution in [1.82, 2.24) is 4.90 Å². The fraction of sp³-hybridized carbons (Fsp3) is 0.556. The summed E-state index contributed by atoms with van der Waals surface area (Å²) >= 11 is 0. The number of aliphatic hydroxyl groups excluding tert-OH is 1. The minimum absolute atomic E-state index is 0.0752. The number of nitrogens with one attached hydrogen (secondary N) is 1. The number of benzene rings is 1. The first kappa shape index (κ1) is 16.0. The lowest BCUT2D eigenvalue weighted by Crippen LogP contribution is -2.35. The summed E-state index contributed by atoms with van der Waals surface area (Å²) in [6.07, 6.45) is 5.46. The number of aliphatic hydroxyl groups is 1. The molecule has 2 N–H and O–H groups in total. The van der Waals surface area contributed by atoms with Crippen molar-refractivity contribution in [2.45, 2.75) is 44.6 Å². The Morgan fingerprint density at radius 1 is 1.22 bits per heavy atom. The third-order valence-electron chi connectivity index (χ3n) is 4.92. The van der Waals surface area contributed by atoms with Crippen LogP contribution in [0.15, 0.2) is 24.3 Å². The van der Waals surface area contributed by atoms with Crippen molar-refractivity contribution in [1.29, 1.82) is 0 Å². The summed E-state index contributed by atoms with van der Waals surface area (Å²) in [7, 11) is 0. The van der Waals surface area contributed by atoms with Crippen LogP contribution in [-0.2, 0) is 16.0 Å². The molecule has 1 saturated carbocycles.